The Kier molecular flexibility index (Phi) is 2.18. The maximum atomic E-state index is 12.5. The van der Waals surface area contributed by atoms with Crippen LogP contribution >= 0.6 is 0 Å². The molecule has 2 aliphatic heterocycles. The van der Waals surface area contributed by atoms with E-state index in [1.54, 1.807) is 7.11 Å². The number of carbonyl (C=O) groups is 2. The Morgan fingerprint density at radius 2 is 2.14 bits per heavy atom. The number of benzene rings is 1. The Morgan fingerprint density at radius 3 is 2.95 bits per heavy atom. The van der Waals surface area contributed by atoms with E-state index in [1.165, 1.54) is 0 Å². The van der Waals surface area contributed by atoms with E-state index in [-0.39, 0.29) is 30.2 Å². The Balaban J connectivity index is 1.84. The number of Topliss-reactive ketones (excluding diaryl/α,β-unsaturated/α-hetero) is 1. The summed E-state index contributed by atoms with van der Waals surface area (Å²) in [4.78, 5) is 24.7. The van der Waals surface area contributed by atoms with Gasteiger partial charge in [-0.15, -0.1) is 0 Å². The molecule has 5 rings (SSSR count). The standard InChI is InChI=1S/C17H16O5/c1-20-11-5-2-8-6-12-9-3-4-10(18)16-17(9,7-13(19)21-12)14(8)15(11)22-16/h2,5,9,12,16H,3-4,6-7H2,1H3/t9-,12+,16-,17-/m1/s1. The van der Waals surface area contributed by atoms with Crippen molar-refractivity contribution in [3.8, 4) is 11.5 Å². The molecular formula is C17H16O5. The summed E-state index contributed by atoms with van der Waals surface area (Å²) < 4.78 is 17.1. The van der Waals surface area contributed by atoms with Gasteiger partial charge in [0.05, 0.1) is 18.9 Å². The molecule has 2 aliphatic carbocycles. The lowest BCUT2D eigenvalue weighted by Crippen LogP contribution is -2.62. The molecule has 2 fully saturated rings. The van der Waals surface area contributed by atoms with Crippen molar-refractivity contribution in [2.75, 3.05) is 7.11 Å². The van der Waals surface area contributed by atoms with Crippen LogP contribution in [-0.4, -0.2) is 31.1 Å². The van der Waals surface area contributed by atoms with Gasteiger partial charge in [-0.2, -0.15) is 0 Å². The summed E-state index contributed by atoms with van der Waals surface area (Å²) in [6, 6.07) is 3.90. The average Bonchev–Trinajstić information content (AvgIpc) is 2.82. The number of methoxy groups -OCH3 is 1. The van der Waals surface area contributed by atoms with Crippen LogP contribution in [0.5, 0.6) is 11.5 Å². The Morgan fingerprint density at radius 1 is 1.27 bits per heavy atom. The predicted molar refractivity (Wildman–Crippen MR) is 75.0 cm³/mol. The number of carbonyl (C=O) groups excluding carboxylic acids is 2. The first-order valence-corrected chi connectivity index (χ1v) is 7.74. The summed E-state index contributed by atoms with van der Waals surface area (Å²) in [6.45, 7) is 0. The number of esters is 1. The normalized spacial score (nSPS) is 37.2. The Hall–Kier alpha value is -2.04. The van der Waals surface area contributed by atoms with Crippen molar-refractivity contribution in [3.05, 3.63) is 23.3 Å². The highest BCUT2D eigenvalue weighted by atomic mass is 16.6. The molecule has 114 valence electrons. The van der Waals surface area contributed by atoms with Crippen molar-refractivity contribution < 1.29 is 23.8 Å². The van der Waals surface area contributed by atoms with E-state index in [2.05, 4.69) is 0 Å². The molecule has 4 aliphatic rings. The third-order valence-electron chi connectivity index (χ3n) is 5.84. The average molecular weight is 300 g/mol. The molecule has 1 saturated heterocycles. The molecule has 2 heterocycles. The highest BCUT2D eigenvalue weighted by Crippen LogP contribution is 2.62. The lowest BCUT2D eigenvalue weighted by molar-refractivity contribution is -0.175. The van der Waals surface area contributed by atoms with Gasteiger partial charge in [-0.1, -0.05) is 6.07 Å². The number of rotatable bonds is 1. The van der Waals surface area contributed by atoms with Crippen LogP contribution in [0.2, 0.25) is 0 Å². The van der Waals surface area contributed by atoms with Crippen LogP contribution in [-0.2, 0) is 26.2 Å². The summed E-state index contributed by atoms with van der Waals surface area (Å²) in [7, 11) is 1.60. The van der Waals surface area contributed by atoms with Crippen LogP contribution < -0.4 is 9.47 Å². The van der Waals surface area contributed by atoms with Crippen LogP contribution in [0, 0.1) is 5.92 Å². The van der Waals surface area contributed by atoms with Crippen molar-refractivity contribution in [1.29, 1.82) is 0 Å². The summed E-state index contributed by atoms with van der Waals surface area (Å²) in [5, 5.41) is 0. The minimum atomic E-state index is -0.563. The van der Waals surface area contributed by atoms with Crippen LogP contribution in [0.3, 0.4) is 0 Å². The smallest absolute Gasteiger partial charge is 0.307 e. The summed E-state index contributed by atoms with van der Waals surface area (Å²) >= 11 is 0. The van der Waals surface area contributed by atoms with Crippen molar-refractivity contribution in [1.82, 2.24) is 0 Å². The van der Waals surface area contributed by atoms with E-state index in [0.717, 1.165) is 17.5 Å². The van der Waals surface area contributed by atoms with Gasteiger partial charge in [0.15, 0.2) is 23.4 Å². The van der Waals surface area contributed by atoms with E-state index in [1.807, 2.05) is 12.1 Å². The second kappa shape index (κ2) is 3.83. The second-order valence-corrected chi connectivity index (χ2v) is 6.69. The lowest BCUT2D eigenvalue weighted by atomic mass is 9.53. The first-order valence-electron chi connectivity index (χ1n) is 7.74. The molecule has 1 aromatic carbocycles. The molecule has 5 nitrogen and oxygen atoms in total. The fourth-order valence-corrected chi connectivity index (χ4v) is 5.10. The van der Waals surface area contributed by atoms with E-state index in [4.69, 9.17) is 14.2 Å². The van der Waals surface area contributed by atoms with E-state index >= 15 is 0 Å². The summed E-state index contributed by atoms with van der Waals surface area (Å²) in [5.41, 5.74) is 1.62. The summed E-state index contributed by atoms with van der Waals surface area (Å²) in [6.07, 6.45) is 1.51. The highest BCUT2D eigenvalue weighted by molar-refractivity contribution is 5.91. The number of ether oxygens (including phenoxy) is 3. The van der Waals surface area contributed by atoms with E-state index < -0.39 is 11.5 Å². The SMILES string of the molecule is COc1ccc2c3c1O[C@@H]1C(=O)CC[C@@H]4[C@H](C2)OC(=O)C[C@@]314. The molecule has 0 N–H and O–H groups in total. The molecule has 5 heteroatoms. The van der Waals surface area contributed by atoms with Crippen LogP contribution in [0.25, 0.3) is 0 Å². The summed E-state index contributed by atoms with van der Waals surface area (Å²) in [5.74, 6) is 1.36. The molecular weight excluding hydrogens is 284 g/mol. The van der Waals surface area contributed by atoms with Gasteiger partial charge >= 0.3 is 5.97 Å². The molecule has 2 bridgehead atoms. The molecule has 22 heavy (non-hydrogen) atoms. The number of ketones is 1. The molecule has 1 spiro atoms. The molecule has 1 saturated carbocycles. The third kappa shape index (κ3) is 1.22. The quantitative estimate of drug-likeness (QED) is 0.736. The lowest BCUT2D eigenvalue weighted by Gasteiger charge is -2.52. The van der Waals surface area contributed by atoms with E-state index in [9.17, 15) is 9.59 Å². The molecule has 0 amide bonds. The molecule has 1 aromatic rings. The highest BCUT2D eigenvalue weighted by Gasteiger charge is 2.67. The fraction of sp³-hybridized carbons (Fsp3) is 0.529. The molecule has 0 aromatic heterocycles. The van der Waals surface area contributed by atoms with Gasteiger partial charge in [-0.05, 0) is 18.1 Å². The molecule has 4 atom stereocenters. The van der Waals surface area contributed by atoms with Gasteiger partial charge in [0, 0.05) is 24.3 Å². The Labute approximate surface area is 127 Å². The maximum absolute atomic E-state index is 12.5. The van der Waals surface area contributed by atoms with Crippen molar-refractivity contribution in [3.63, 3.8) is 0 Å². The largest absolute Gasteiger partial charge is 0.493 e. The van der Waals surface area contributed by atoms with Gasteiger partial charge in [0.25, 0.3) is 0 Å². The van der Waals surface area contributed by atoms with Crippen LogP contribution in [0.15, 0.2) is 12.1 Å². The minimum absolute atomic E-state index is 0.0933. The van der Waals surface area contributed by atoms with Gasteiger partial charge < -0.3 is 14.2 Å². The second-order valence-electron chi connectivity index (χ2n) is 6.69. The van der Waals surface area contributed by atoms with Gasteiger partial charge in [0.2, 0.25) is 0 Å². The van der Waals surface area contributed by atoms with Gasteiger partial charge in [0.1, 0.15) is 6.10 Å². The zero-order chi connectivity index (χ0) is 15.1. The predicted octanol–water partition coefficient (Wildman–Crippen LogP) is 1.54. The molecule has 0 radical (unpaired) electrons. The minimum Gasteiger partial charge on any atom is -0.493 e. The van der Waals surface area contributed by atoms with Crippen molar-refractivity contribution in [2.24, 2.45) is 5.92 Å². The first-order chi connectivity index (χ1) is 10.6. The maximum Gasteiger partial charge on any atom is 0.307 e. The van der Waals surface area contributed by atoms with Gasteiger partial charge in [-0.3, -0.25) is 9.59 Å². The zero-order valence-corrected chi connectivity index (χ0v) is 12.3. The third-order valence-corrected chi connectivity index (χ3v) is 5.84. The van der Waals surface area contributed by atoms with Crippen molar-refractivity contribution >= 4 is 11.8 Å². The van der Waals surface area contributed by atoms with E-state index in [0.29, 0.717) is 24.3 Å². The van der Waals surface area contributed by atoms with Crippen LogP contribution in [0.4, 0.5) is 0 Å². The fourth-order valence-electron chi connectivity index (χ4n) is 5.10. The monoisotopic (exact) mass is 300 g/mol. The van der Waals surface area contributed by atoms with Crippen molar-refractivity contribution in [2.45, 2.75) is 43.3 Å². The number of hydrogen-bond donors (Lipinski definition) is 0. The number of hydrogen-bond acceptors (Lipinski definition) is 5. The topological polar surface area (TPSA) is 61.8 Å². The molecule has 0 unspecified atom stereocenters. The first kappa shape index (κ1) is 12.5. The zero-order valence-electron chi connectivity index (χ0n) is 12.3. The van der Waals surface area contributed by atoms with Crippen LogP contribution in [0.1, 0.15) is 30.4 Å². The van der Waals surface area contributed by atoms with Gasteiger partial charge in [-0.25, -0.2) is 0 Å². The Bertz CT molecular complexity index is 724.